The maximum Gasteiger partial charge on any atom is 0.227 e. The summed E-state index contributed by atoms with van der Waals surface area (Å²) in [6.07, 6.45) is 6.58. The fourth-order valence-electron chi connectivity index (χ4n) is 3.73. The SMILES string of the molecule is CC1CCC(CN)(C(=O)NC2CCC(C)C2C)CC1. The molecule has 0 aromatic heterocycles. The molecule has 0 radical (unpaired) electrons. The highest BCUT2D eigenvalue weighted by Crippen LogP contribution is 2.39. The average Bonchev–Trinajstić information content (AvgIpc) is 2.72. The topological polar surface area (TPSA) is 55.1 Å². The summed E-state index contributed by atoms with van der Waals surface area (Å²) in [6.45, 7) is 7.33. The standard InChI is InChI=1S/C16H30N2O/c1-11-6-8-16(10-17,9-7-11)15(19)18-14-5-4-12(2)13(14)3/h11-14H,4-10,17H2,1-3H3,(H,18,19). The second-order valence-corrected chi connectivity index (χ2v) is 7.16. The van der Waals surface area contributed by atoms with Crippen molar-refractivity contribution in [1.29, 1.82) is 0 Å². The molecule has 3 N–H and O–H groups in total. The predicted molar refractivity (Wildman–Crippen MR) is 78.6 cm³/mol. The number of rotatable bonds is 3. The molecule has 3 heteroatoms. The number of carbonyl (C=O) groups is 1. The van der Waals surface area contributed by atoms with Gasteiger partial charge >= 0.3 is 0 Å². The molecular formula is C16H30N2O. The molecule has 3 unspecified atom stereocenters. The van der Waals surface area contributed by atoms with E-state index in [1.807, 2.05) is 0 Å². The van der Waals surface area contributed by atoms with Crippen molar-refractivity contribution in [3.05, 3.63) is 0 Å². The van der Waals surface area contributed by atoms with Crippen LogP contribution in [0.4, 0.5) is 0 Å². The Hall–Kier alpha value is -0.570. The molecule has 0 saturated heterocycles. The number of amides is 1. The van der Waals surface area contributed by atoms with Crippen LogP contribution in [0.2, 0.25) is 0 Å². The number of nitrogens with two attached hydrogens (primary N) is 1. The van der Waals surface area contributed by atoms with Crippen LogP contribution < -0.4 is 11.1 Å². The van der Waals surface area contributed by atoms with Crippen LogP contribution in [0, 0.1) is 23.2 Å². The zero-order chi connectivity index (χ0) is 14.0. The Bertz CT molecular complexity index is 321. The van der Waals surface area contributed by atoms with Crippen molar-refractivity contribution in [3.8, 4) is 0 Å². The minimum atomic E-state index is -0.280. The largest absolute Gasteiger partial charge is 0.353 e. The van der Waals surface area contributed by atoms with Gasteiger partial charge in [-0.15, -0.1) is 0 Å². The van der Waals surface area contributed by atoms with E-state index in [0.717, 1.165) is 43.9 Å². The van der Waals surface area contributed by atoms with E-state index in [0.29, 0.717) is 18.5 Å². The molecule has 2 aliphatic rings. The van der Waals surface area contributed by atoms with Gasteiger partial charge in [0.15, 0.2) is 0 Å². The minimum absolute atomic E-state index is 0.229. The van der Waals surface area contributed by atoms with Gasteiger partial charge < -0.3 is 11.1 Å². The van der Waals surface area contributed by atoms with Crippen molar-refractivity contribution in [2.24, 2.45) is 28.9 Å². The lowest BCUT2D eigenvalue weighted by atomic mass is 9.70. The molecule has 0 aliphatic heterocycles. The molecule has 2 rings (SSSR count). The molecule has 2 aliphatic carbocycles. The van der Waals surface area contributed by atoms with Crippen molar-refractivity contribution in [3.63, 3.8) is 0 Å². The van der Waals surface area contributed by atoms with E-state index in [1.165, 1.54) is 6.42 Å². The Labute approximate surface area is 117 Å². The lowest BCUT2D eigenvalue weighted by Gasteiger charge is -2.38. The summed E-state index contributed by atoms with van der Waals surface area (Å²) in [7, 11) is 0. The number of nitrogens with one attached hydrogen (secondary N) is 1. The van der Waals surface area contributed by atoms with Crippen LogP contribution in [0.25, 0.3) is 0 Å². The van der Waals surface area contributed by atoms with E-state index in [1.54, 1.807) is 0 Å². The number of hydrogen-bond acceptors (Lipinski definition) is 2. The maximum atomic E-state index is 12.7. The first kappa shape index (κ1) is 14.8. The van der Waals surface area contributed by atoms with Gasteiger partial charge in [0.2, 0.25) is 5.91 Å². The highest BCUT2D eigenvalue weighted by atomic mass is 16.2. The van der Waals surface area contributed by atoms with Crippen LogP contribution in [-0.4, -0.2) is 18.5 Å². The van der Waals surface area contributed by atoms with E-state index in [2.05, 4.69) is 26.1 Å². The first-order chi connectivity index (χ1) is 8.98. The quantitative estimate of drug-likeness (QED) is 0.825. The van der Waals surface area contributed by atoms with Crippen LogP contribution in [-0.2, 0) is 4.79 Å². The summed E-state index contributed by atoms with van der Waals surface area (Å²) < 4.78 is 0. The second-order valence-electron chi connectivity index (χ2n) is 7.16. The van der Waals surface area contributed by atoms with Crippen molar-refractivity contribution in [1.82, 2.24) is 5.32 Å². The van der Waals surface area contributed by atoms with Gasteiger partial charge in [0.25, 0.3) is 0 Å². The van der Waals surface area contributed by atoms with E-state index in [9.17, 15) is 4.79 Å². The van der Waals surface area contributed by atoms with Crippen molar-refractivity contribution >= 4 is 5.91 Å². The summed E-state index contributed by atoms with van der Waals surface area (Å²) in [5.74, 6) is 2.30. The molecule has 0 aromatic rings. The average molecular weight is 266 g/mol. The van der Waals surface area contributed by atoms with E-state index in [4.69, 9.17) is 5.73 Å². The Morgan fingerprint density at radius 3 is 2.26 bits per heavy atom. The lowest BCUT2D eigenvalue weighted by Crippen LogP contribution is -2.51. The fourth-order valence-corrected chi connectivity index (χ4v) is 3.73. The van der Waals surface area contributed by atoms with Crippen LogP contribution in [0.5, 0.6) is 0 Å². The van der Waals surface area contributed by atoms with Gasteiger partial charge in [0.1, 0.15) is 0 Å². The van der Waals surface area contributed by atoms with E-state index in [-0.39, 0.29) is 11.3 Å². The molecular weight excluding hydrogens is 236 g/mol. The maximum absolute atomic E-state index is 12.7. The molecule has 1 amide bonds. The summed E-state index contributed by atoms with van der Waals surface area (Å²) in [6, 6.07) is 0.366. The highest BCUT2D eigenvalue weighted by molar-refractivity contribution is 5.83. The second kappa shape index (κ2) is 5.82. The molecule has 0 heterocycles. The molecule has 19 heavy (non-hydrogen) atoms. The van der Waals surface area contributed by atoms with Gasteiger partial charge in [-0.1, -0.05) is 20.8 Å². The molecule has 3 atom stereocenters. The summed E-state index contributed by atoms with van der Waals surface area (Å²) in [5, 5.41) is 3.32. The van der Waals surface area contributed by atoms with Gasteiger partial charge in [0, 0.05) is 12.6 Å². The molecule has 2 saturated carbocycles. The number of hydrogen-bond donors (Lipinski definition) is 2. The molecule has 2 fully saturated rings. The number of carbonyl (C=O) groups excluding carboxylic acids is 1. The van der Waals surface area contributed by atoms with E-state index >= 15 is 0 Å². The summed E-state index contributed by atoms with van der Waals surface area (Å²) >= 11 is 0. The molecule has 3 nitrogen and oxygen atoms in total. The minimum Gasteiger partial charge on any atom is -0.353 e. The third-order valence-electron chi connectivity index (χ3n) is 5.89. The molecule has 0 spiro atoms. The Balaban J connectivity index is 1.98. The lowest BCUT2D eigenvalue weighted by molar-refractivity contribution is -0.133. The van der Waals surface area contributed by atoms with Crippen LogP contribution in [0.3, 0.4) is 0 Å². The Kier molecular flexibility index (Phi) is 4.54. The summed E-state index contributed by atoms with van der Waals surface area (Å²) in [4.78, 5) is 12.7. The zero-order valence-electron chi connectivity index (χ0n) is 12.7. The van der Waals surface area contributed by atoms with Crippen LogP contribution in [0.1, 0.15) is 59.3 Å². The van der Waals surface area contributed by atoms with Crippen molar-refractivity contribution in [2.75, 3.05) is 6.54 Å². The smallest absolute Gasteiger partial charge is 0.227 e. The van der Waals surface area contributed by atoms with E-state index < -0.39 is 0 Å². The van der Waals surface area contributed by atoms with Gasteiger partial charge in [-0.05, 0) is 56.3 Å². The third-order valence-corrected chi connectivity index (χ3v) is 5.89. The Morgan fingerprint density at radius 2 is 1.79 bits per heavy atom. The first-order valence-electron chi connectivity index (χ1n) is 7.99. The molecule has 0 aromatic carbocycles. The van der Waals surface area contributed by atoms with Crippen molar-refractivity contribution < 1.29 is 4.79 Å². The molecule has 110 valence electrons. The van der Waals surface area contributed by atoms with Crippen LogP contribution >= 0.6 is 0 Å². The van der Waals surface area contributed by atoms with Crippen molar-refractivity contribution in [2.45, 2.75) is 65.3 Å². The fraction of sp³-hybridized carbons (Fsp3) is 0.938. The van der Waals surface area contributed by atoms with Gasteiger partial charge in [-0.25, -0.2) is 0 Å². The predicted octanol–water partition coefficient (Wildman–Crippen LogP) is 2.69. The first-order valence-corrected chi connectivity index (χ1v) is 7.99. The monoisotopic (exact) mass is 266 g/mol. The zero-order valence-corrected chi connectivity index (χ0v) is 12.7. The van der Waals surface area contributed by atoms with Crippen LogP contribution in [0.15, 0.2) is 0 Å². The normalized spacial score (nSPS) is 43.2. The summed E-state index contributed by atoms with van der Waals surface area (Å²) in [5.41, 5.74) is 5.68. The molecule has 0 bridgehead atoms. The van der Waals surface area contributed by atoms with Gasteiger partial charge in [-0.2, -0.15) is 0 Å². The van der Waals surface area contributed by atoms with Gasteiger partial charge in [-0.3, -0.25) is 4.79 Å². The highest BCUT2D eigenvalue weighted by Gasteiger charge is 2.42. The van der Waals surface area contributed by atoms with Gasteiger partial charge in [0.05, 0.1) is 5.41 Å². The third kappa shape index (κ3) is 2.96. The Morgan fingerprint density at radius 1 is 1.16 bits per heavy atom.